The second-order valence-electron chi connectivity index (χ2n) is 6.17. The Bertz CT molecular complexity index is 1130. The Morgan fingerprint density at radius 1 is 1.11 bits per heavy atom. The number of hydrogen-bond acceptors (Lipinski definition) is 11. The molecule has 3 aromatic heterocycles. The van der Waals surface area contributed by atoms with E-state index < -0.39 is 11.9 Å². The van der Waals surface area contributed by atoms with Crippen LogP contribution in [0.5, 0.6) is 0 Å². The third kappa shape index (κ3) is 10.4. The maximum absolute atomic E-state index is 11.5. The third-order valence-corrected chi connectivity index (χ3v) is 3.84. The van der Waals surface area contributed by atoms with E-state index in [0.29, 0.717) is 24.8 Å². The maximum atomic E-state index is 11.5. The number of esters is 2. The molecule has 3 rings (SSSR count). The van der Waals surface area contributed by atoms with E-state index in [0.717, 1.165) is 0 Å². The molecule has 0 radical (unpaired) electrons. The third-order valence-electron chi connectivity index (χ3n) is 3.84. The summed E-state index contributed by atoms with van der Waals surface area (Å²) >= 11 is 0. The van der Waals surface area contributed by atoms with Gasteiger partial charge in [0.2, 0.25) is 0 Å². The van der Waals surface area contributed by atoms with E-state index in [1.54, 1.807) is 57.4 Å². The molecule has 12 nitrogen and oxygen atoms in total. The number of aromatic nitrogens is 4. The summed E-state index contributed by atoms with van der Waals surface area (Å²) in [6.07, 6.45) is 6.25. The lowest BCUT2D eigenvalue weighted by Gasteiger charge is -1.98. The summed E-state index contributed by atoms with van der Waals surface area (Å²) in [5, 5.41) is 12.3. The Balaban J connectivity index is 0.000000553. The fourth-order valence-corrected chi connectivity index (χ4v) is 2.24. The topological polar surface area (TPSA) is 184 Å². The van der Waals surface area contributed by atoms with Gasteiger partial charge in [-0.25, -0.2) is 30.1 Å². The van der Waals surface area contributed by atoms with Gasteiger partial charge in [0.15, 0.2) is 11.6 Å². The molecule has 0 unspecified atom stereocenters. The van der Waals surface area contributed by atoms with Gasteiger partial charge in [0.05, 0.1) is 13.2 Å². The van der Waals surface area contributed by atoms with Gasteiger partial charge < -0.3 is 20.6 Å². The van der Waals surface area contributed by atoms with Crippen molar-refractivity contribution >= 4 is 23.6 Å². The lowest BCUT2D eigenvalue weighted by molar-refractivity contribution is -0.138. The minimum atomic E-state index is -0.549. The molecule has 12 heteroatoms. The van der Waals surface area contributed by atoms with E-state index in [1.807, 2.05) is 18.2 Å². The number of hydrogen-bond donors (Lipinski definition) is 3. The molecule has 0 atom stereocenters. The van der Waals surface area contributed by atoms with Gasteiger partial charge in [-0.1, -0.05) is 25.6 Å². The molecule has 192 valence electrons. The minimum absolute atomic E-state index is 0. The van der Waals surface area contributed by atoms with Crippen molar-refractivity contribution in [2.45, 2.75) is 28.2 Å². The number of allylic oxidation sites excluding steroid dienone is 1. The highest BCUT2D eigenvalue weighted by atomic mass is 16.5. The van der Waals surface area contributed by atoms with Crippen molar-refractivity contribution in [3.05, 3.63) is 72.2 Å². The number of nitrogen functional groups attached to an aromatic ring is 2. The fourth-order valence-electron chi connectivity index (χ4n) is 2.24. The molecule has 0 fully saturated rings. The number of ether oxygens (including phenoxy) is 2. The molecule has 0 amide bonds. The van der Waals surface area contributed by atoms with Crippen molar-refractivity contribution in [1.29, 1.82) is 5.26 Å². The van der Waals surface area contributed by atoms with Gasteiger partial charge in [0.25, 0.3) is 0 Å². The van der Waals surface area contributed by atoms with Gasteiger partial charge in [-0.3, -0.25) is 0 Å². The van der Waals surface area contributed by atoms with E-state index in [1.165, 1.54) is 17.0 Å². The number of hydrazine groups is 1. The molecule has 0 aliphatic carbocycles. The van der Waals surface area contributed by atoms with Gasteiger partial charge in [-0.2, -0.15) is 5.26 Å². The van der Waals surface area contributed by atoms with Crippen LogP contribution in [0.25, 0.3) is 5.82 Å². The second-order valence-corrected chi connectivity index (χ2v) is 6.17. The van der Waals surface area contributed by atoms with Crippen LogP contribution in [-0.4, -0.2) is 44.9 Å². The van der Waals surface area contributed by atoms with E-state index in [-0.39, 0.29) is 24.4 Å². The Kier molecular flexibility index (Phi) is 15.3. The van der Waals surface area contributed by atoms with Gasteiger partial charge in [0, 0.05) is 18.6 Å². The SMILES string of the molecule is C.C/C=C(\C#N)C(=O)OCC.CCOC(=O)c1cn(-c2ccccn2)nc1N.NNc1ccccn1. The number of nitriles is 1. The van der Waals surface area contributed by atoms with Crippen molar-refractivity contribution in [3.63, 3.8) is 0 Å². The number of nitrogens with zero attached hydrogens (tertiary/aromatic N) is 5. The summed E-state index contributed by atoms with van der Waals surface area (Å²) in [7, 11) is 0. The van der Waals surface area contributed by atoms with Crippen LogP contribution in [0, 0.1) is 11.3 Å². The molecule has 5 N–H and O–H groups in total. The predicted octanol–water partition coefficient (Wildman–Crippen LogP) is 3.05. The first kappa shape index (κ1) is 31.2. The lowest BCUT2D eigenvalue weighted by atomic mass is 10.3. The van der Waals surface area contributed by atoms with Gasteiger partial charge >= 0.3 is 11.9 Å². The zero-order valence-electron chi connectivity index (χ0n) is 19.7. The molecular formula is C24H32N8O4. The van der Waals surface area contributed by atoms with Crippen LogP contribution in [0.15, 0.2) is 66.6 Å². The van der Waals surface area contributed by atoms with E-state index in [2.05, 4.69) is 25.2 Å². The van der Waals surface area contributed by atoms with Crippen molar-refractivity contribution in [2.75, 3.05) is 24.4 Å². The number of carbonyl (C=O) groups excluding carboxylic acids is 2. The van der Waals surface area contributed by atoms with E-state index >= 15 is 0 Å². The molecule has 0 aliphatic heterocycles. The molecule has 0 saturated carbocycles. The number of rotatable bonds is 6. The standard InChI is InChI=1S/C11H12N4O2.C7H9NO2.C5H7N3.CH4/c1-2-17-11(16)8-7-15(14-10(8)12)9-5-3-4-6-13-9;1-3-6(5-8)7(9)10-4-2;6-8-5-3-1-2-4-7-5;/h3-7H,2H2,1H3,(H2,12,14);3H,4H2,1-2H3;1-4H,6H2,(H,7,8);1H4/b;6-3+;;. The van der Waals surface area contributed by atoms with Crippen molar-refractivity contribution in [3.8, 4) is 11.9 Å². The molecular weight excluding hydrogens is 464 g/mol. The van der Waals surface area contributed by atoms with Crippen molar-refractivity contribution in [2.24, 2.45) is 5.84 Å². The average molecular weight is 497 g/mol. The highest BCUT2D eigenvalue weighted by molar-refractivity contribution is 5.94. The summed E-state index contributed by atoms with van der Waals surface area (Å²) in [6.45, 7) is 5.65. The predicted molar refractivity (Wildman–Crippen MR) is 137 cm³/mol. The van der Waals surface area contributed by atoms with E-state index in [4.69, 9.17) is 21.6 Å². The number of anilines is 2. The smallest absolute Gasteiger partial charge is 0.348 e. The zero-order valence-corrected chi connectivity index (χ0v) is 19.7. The van der Waals surface area contributed by atoms with Crippen molar-refractivity contribution in [1.82, 2.24) is 19.7 Å². The molecule has 3 aromatic rings. The quantitative estimate of drug-likeness (QED) is 0.150. The summed E-state index contributed by atoms with van der Waals surface area (Å²) in [4.78, 5) is 30.2. The summed E-state index contributed by atoms with van der Waals surface area (Å²) in [5.41, 5.74) is 8.37. The van der Waals surface area contributed by atoms with Crippen LogP contribution in [0.1, 0.15) is 38.6 Å². The molecule has 0 aliphatic rings. The Labute approximate surface area is 210 Å². The van der Waals surface area contributed by atoms with Crippen molar-refractivity contribution < 1.29 is 19.1 Å². The first-order valence-electron chi connectivity index (χ1n) is 10.5. The first-order chi connectivity index (χ1) is 16.9. The molecule has 36 heavy (non-hydrogen) atoms. The van der Waals surface area contributed by atoms with Crippen LogP contribution in [0.4, 0.5) is 11.6 Å². The minimum Gasteiger partial charge on any atom is -0.462 e. The maximum Gasteiger partial charge on any atom is 0.348 e. The molecule has 0 spiro atoms. The van der Waals surface area contributed by atoms with Gasteiger partial charge in [0.1, 0.15) is 23.0 Å². The average Bonchev–Trinajstić information content (AvgIpc) is 3.29. The summed E-state index contributed by atoms with van der Waals surface area (Å²) in [5.74, 6) is 5.42. The van der Waals surface area contributed by atoms with Crippen LogP contribution in [-0.2, 0) is 14.3 Å². The van der Waals surface area contributed by atoms with Crippen LogP contribution in [0.3, 0.4) is 0 Å². The monoisotopic (exact) mass is 496 g/mol. The highest BCUT2D eigenvalue weighted by Gasteiger charge is 2.16. The summed E-state index contributed by atoms with van der Waals surface area (Å²) in [6, 6.07) is 12.6. The number of pyridine rings is 2. The molecule has 3 heterocycles. The number of carbonyl (C=O) groups is 2. The van der Waals surface area contributed by atoms with Crippen LogP contribution < -0.4 is 17.0 Å². The second kappa shape index (κ2) is 17.7. The van der Waals surface area contributed by atoms with Gasteiger partial charge in [-0.15, -0.1) is 5.10 Å². The van der Waals surface area contributed by atoms with Crippen LogP contribution in [0.2, 0.25) is 0 Å². The Hall–Kier alpha value is -4.76. The van der Waals surface area contributed by atoms with E-state index in [9.17, 15) is 9.59 Å². The van der Waals surface area contributed by atoms with Gasteiger partial charge in [-0.05, 0) is 45.0 Å². The first-order valence-corrected chi connectivity index (χ1v) is 10.5. The lowest BCUT2D eigenvalue weighted by Crippen LogP contribution is -2.07. The molecule has 0 saturated heterocycles. The largest absolute Gasteiger partial charge is 0.462 e. The highest BCUT2D eigenvalue weighted by Crippen LogP contribution is 2.13. The Morgan fingerprint density at radius 3 is 2.19 bits per heavy atom. The number of nitrogens with one attached hydrogen (secondary N) is 1. The number of nitrogens with two attached hydrogens (primary N) is 2. The normalized spacial score (nSPS) is 9.58. The Morgan fingerprint density at radius 2 is 1.75 bits per heavy atom. The molecule has 0 bridgehead atoms. The summed E-state index contributed by atoms with van der Waals surface area (Å²) < 4.78 is 10.9. The zero-order chi connectivity index (χ0) is 26.1. The van der Waals surface area contributed by atoms with Crippen LogP contribution >= 0.6 is 0 Å². The molecule has 0 aromatic carbocycles. The fraction of sp³-hybridized carbons (Fsp3) is 0.250.